The van der Waals surface area contributed by atoms with Crippen molar-refractivity contribution in [1.82, 2.24) is 5.32 Å². The van der Waals surface area contributed by atoms with E-state index in [1.54, 1.807) is 11.1 Å². The van der Waals surface area contributed by atoms with Gasteiger partial charge in [0.2, 0.25) is 0 Å². The molecule has 0 amide bonds. The second kappa shape index (κ2) is 6.12. The molecule has 1 aromatic rings. The lowest BCUT2D eigenvalue weighted by Gasteiger charge is -2.39. The Bertz CT molecular complexity index is 463. The first-order chi connectivity index (χ1) is 10.0. The van der Waals surface area contributed by atoms with E-state index in [1.807, 2.05) is 0 Å². The van der Waals surface area contributed by atoms with Crippen LogP contribution in [0.5, 0.6) is 0 Å². The molecule has 1 fully saturated rings. The molecule has 0 saturated heterocycles. The Balaban J connectivity index is 1.51. The first kappa shape index (κ1) is 15.1. The molecule has 21 heavy (non-hydrogen) atoms. The van der Waals surface area contributed by atoms with Crippen LogP contribution in [0.15, 0.2) is 24.3 Å². The molecule has 1 nitrogen and oxygen atoms in total. The van der Waals surface area contributed by atoms with Crippen LogP contribution in [0.25, 0.3) is 0 Å². The smallest absolute Gasteiger partial charge is 0.0113 e. The van der Waals surface area contributed by atoms with Crippen molar-refractivity contribution in [3.05, 3.63) is 35.4 Å². The van der Waals surface area contributed by atoms with Crippen LogP contribution >= 0.6 is 0 Å². The molecule has 2 aliphatic carbocycles. The molecule has 1 heteroatoms. The third kappa shape index (κ3) is 3.69. The zero-order valence-corrected chi connectivity index (χ0v) is 14.0. The quantitative estimate of drug-likeness (QED) is 0.827. The van der Waals surface area contributed by atoms with Gasteiger partial charge >= 0.3 is 0 Å². The number of nitrogens with one attached hydrogen (secondary N) is 1. The summed E-state index contributed by atoms with van der Waals surface area (Å²) in [5.74, 6) is 0.919. The Kier molecular flexibility index (Phi) is 4.40. The van der Waals surface area contributed by atoms with Crippen LogP contribution in [-0.2, 0) is 12.8 Å². The van der Waals surface area contributed by atoms with E-state index < -0.39 is 0 Å². The van der Waals surface area contributed by atoms with E-state index in [4.69, 9.17) is 0 Å². The topological polar surface area (TPSA) is 12.0 Å². The van der Waals surface area contributed by atoms with Gasteiger partial charge in [-0.05, 0) is 67.4 Å². The minimum atomic E-state index is 0.495. The molecule has 1 aromatic carbocycles. The van der Waals surface area contributed by atoms with Crippen LogP contribution in [0.1, 0.15) is 64.0 Å². The fourth-order valence-corrected chi connectivity index (χ4v) is 4.30. The fourth-order valence-electron chi connectivity index (χ4n) is 4.30. The Morgan fingerprint density at radius 3 is 2.19 bits per heavy atom. The molecule has 0 aromatic heterocycles. The van der Waals surface area contributed by atoms with Gasteiger partial charge in [-0.3, -0.25) is 0 Å². The van der Waals surface area contributed by atoms with Crippen LogP contribution in [0.3, 0.4) is 0 Å². The predicted octanol–water partition coefficient (Wildman–Crippen LogP) is 4.74. The van der Waals surface area contributed by atoms with Crippen molar-refractivity contribution in [3.8, 4) is 0 Å². The standard InChI is InChI=1S/C20H31N/c1-20(2,3)17-9-12-18(13-10-17)21-19-11-8-15-6-4-5-7-16(15)14-19/h4-7,17-19,21H,8-14H2,1-3H3. The van der Waals surface area contributed by atoms with Crippen molar-refractivity contribution in [3.63, 3.8) is 0 Å². The summed E-state index contributed by atoms with van der Waals surface area (Å²) in [6.45, 7) is 7.22. The van der Waals surface area contributed by atoms with Crippen molar-refractivity contribution >= 4 is 0 Å². The van der Waals surface area contributed by atoms with E-state index in [9.17, 15) is 0 Å². The second-order valence-corrected chi connectivity index (χ2v) is 8.29. The van der Waals surface area contributed by atoms with Crippen molar-refractivity contribution in [2.75, 3.05) is 0 Å². The van der Waals surface area contributed by atoms with E-state index in [-0.39, 0.29) is 0 Å². The number of fused-ring (bicyclic) bond motifs is 1. The van der Waals surface area contributed by atoms with Gasteiger partial charge in [-0.25, -0.2) is 0 Å². The zero-order chi connectivity index (χ0) is 14.9. The maximum absolute atomic E-state index is 3.97. The highest BCUT2D eigenvalue weighted by molar-refractivity contribution is 5.30. The summed E-state index contributed by atoms with van der Waals surface area (Å²) in [5.41, 5.74) is 3.64. The molecule has 1 N–H and O–H groups in total. The third-order valence-electron chi connectivity index (χ3n) is 5.77. The van der Waals surface area contributed by atoms with Crippen molar-refractivity contribution in [2.45, 2.75) is 77.8 Å². The first-order valence-electron chi connectivity index (χ1n) is 8.85. The van der Waals surface area contributed by atoms with E-state index in [2.05, 4.69) is 50.4 Å². The van der Waals surface area contributed by atoms with Gasteiger partial charge in [0.25, 0.3) is 0 Å². The van der Waals surface area contributed by atoms with Gasteiger partial charge in [0.15, 0.2) is 0 Å². The van der Waals surface area contributed by atoms with E-state index >= 15 is 0 Å². The van der Waals surface area contributed by atoms with Gasteiger partial charge in [-0.1, -0.05) is 45.0 Å². The summed E-state index contributed by atoms with van der Waals surface area (Å²) in [6.07, 6.45) is 9.37. The Labute approximate surface area is 130 Å². The largest absolute Gasteiger partial charge is 0.311 e. The van der Waals surface area contributed by atoms with Crippen molar-refractivity contribution < 1.29 is 0 Å². The molecular weight excluding hydrogens is 254 g/mol. The van der Waals surface area contributed by atoms with Crippen molar-refractivity contribution in [1.29, 1.82) is 0 Å². The van der Waals surface area contributed by atoms with Gasteiger partial charge in [0.1, 0.15) is 0 Å². The lowest BCUT2D eigenvalue weighted by molar-refractivity contribution is 0.155. The summed E-state index contributed by atoms with van der Waals surface area (Å²) in [6, 6.07) is 10.5. The predicted molar refractivity (Wildman–Crippen MR) is 90.6 cm³/mol. The molecule has 0 bridgehead atoms. The molecular formula is C20H31N. The Morgan fingerprint density at radius 2 is 1.52 bits per heavy atom. The molecule has 116 valence electrons. The molecule has 0 radical (unpaired) electrons. The summed E-state index contributed by atoms with van der Waals surface area (Å²) in [7, 11) is 0. The molecule has 1 saturated carbocycles. The average molecular weight is 285 g/mol. The highest BCUT2D eigenvalue weighted by Crippen LogP contribution is 2.38. The molecule has 0 aliphatic heterocycles. The fraction of sp³-hybridized carbons (Fsp3) is 0.700. The molecule has 2 aliphatic rings. The average Bonchev–Trinajstić information content (AvgIpc) is 2.47. The van der Waals surface area contributed by atoms with E-state index in [0.717, 1.165) is 12.0 Å². The lowest BCUT2D eigenvalue weighted by atomic mass is 9.71. The van der Waals surface area contributed by atoms with Crippen LogP contribution in [0, 0.1) is 11.3 Å². The Morgan fingerprint density at radius 1 is 0.857 bits per heavy atom. The molecule has 3 rings (SSSR count). The minimum Gasteiger partial charge on any atom is -0.311 e. The van der Waals surface area contributed by atoms with Crippen LogP contribution in [-0.4, -0.2) is 12.1 Å². The molecule has 1 atom stereocenters. The van der Waals surface area contributed by atoms with Gasteiger partial charge in [-0.2, -0.15) is 0 Å². The second-order valence-electron chi connectivity index (χ2n) is 8.29. The van der Waals surface area contributed by atoms with E-state index in [1.165, 1.54) is 44.9 Å². The molecule has 0 heterocycles. The lowest BCUT2D eigenvalue weighted by Crippen LogP contribution is -2.44. The number of rotatable bonds is 2. The SMILES string of the molecule is CC(C)(C)C1CCC(NC2CCc3ccccc3C2)CC1. The zero-order valence-electron chi connectivity index (χ0n) is 14.0. The molecule has 1 unspecified atom stereocenters. The van der Waals surface area contributed by atoms with Gasteiger partial charge in [0.05, 0.1) is 0 Å². The van der Waals surface area contributed by atoms with E-state index in [0.29, 0.717) is 11.5 Å². The summed E-state index contributed by atoms with van der Waals surface area (Å²) < 4.78 is 0. The maximum atomic E-state index is 3.97. The molecule has 0 spiro atoms. The first-order valence-corrected chi connectivity index (χ1v) is 8.85. The summed E-state index contributed by atoms with van der Waals surface area (Å²) >= 11 is 0. The summed E-state index contributed by atoms with van der Waals surface area (Å²) in [4.78, 5) is 0. The Hall–Kier alpha value is -0.820. The number of benzene rings is 1. The van der Waals surface area contributed by atoms with Crippen molar-refractivity contribution in [2.24, 2.45) is 11.3 Å². The van der Waals surface area contributed by atoms with Crippen LogP contribution in [0.2, 0.25) is 0 Å². The highest BCUT2D eigenvalue weighted by atomic mass is 15.0. The monoisotopic (exact) mass is 285 g/mol. The number of hydrogen-bond acceptors (Lipinski definition) is 1. The van der Waals surface area contributed by atoms with Gasteiger partial charge in [-0.15, -0.1) is 0 Å². The minimum absolute atomic E-state index is 0.495. The highest BCUT2D eigenvalue weighted by Gasteiger charge is 2.30. The van der Waals surface area contributed by atoms with Gasteiger partial charge in [0, 0.05) is 12.1 Å². The van der Waals surface area contributed by atoms with Crippen LogP contribution in [0.4, 0.5) is 0 Å². The maximum Gasteiger partial charge on any atom is 0.0113 e. The third-order valence-corrected chi connectivity index (χ3v) is 5.77. The van der Waals surface area contributed by atoms with Gasteiger partial charge < -0.3 is 5.32 Å². The number of aryl methyl sites for hydroxylation is 1. The van der Waals surface area contributed by atoms with Crippen LogP contribution < -0.4 is 5.32 Å². The number of hydrogen-bond donors (Lipinski definition) is 1. The normalized spacial score (nSPS) is 30.0. The summed E-state index contributed by atoms with van der Waals surface area (Å²) in [5, 5.41) is 3.97.